The molecule has 24 heavy (non-hydrogen) atoms. The minimum absolute atomic E-state index is 0.0200. The summed E-state index contributed by atoms with van der Waals surface area (Å²) < 4.78 is 0.855. The van der Waals surface area contributed by atoms with E-state index in [1.165, 1.54) is 30.2 Å². The van der Waals surface area contributed by atoms with Crippen molar-refractivity contribution in [3.63, 3.8) is 0 Å². The van der Waals surface area contributed by atoms with Crippen molar-refractivity contribution in [1.29, 1.82) is 0 Å². The van der Waals surface area contributed by atoms with Gasteiger partial charge in [-0.25, -0.2) is 0 Å². The first-order valence-corrected chi connectivity index (χ1v) is 10.1. The number of benzene rings is 1. The van der Waals surface area contributed by atoms with Gasteiger partial charge in [-0.05, 0) is 43.2 Å². The summed E-state index contributed by atoms with van der Waals surface area (Å²) in [4.78, 5) is 14.3. The van der Waals surface area contributed by atoms with Crippen LogP contribution < -0.4 is 5.32 Å². The summed E-state index contributed by atoms with van der Waals surface area (Å²) >= 11 is 6.87. The summed E-state index contributed by atoms with van der Waals surface area (Å²) in [5, 5.41) is 3.06. The Morgan fingerprint density at radius 3 is 2.42 bits per heavy atom. The monoisotopic (exact) mass is 364 g/mol. The first kappa shape index (κ1) is 19.3. The van der Waals surface area contributed by atoms with Gasteiger partial charge in [-0.3, -0.25) is 4.79 Å². The topological polar surface area (TPSA) is 32.3 Å². The molecule has 1 aliphatic heterocycles. The van der Waals surface area contributed by atoms with Crippen LogP contribution in [0.3, 0.4) is 0 Å². The second kappa shape index (κ2) is 9.42. The molecule has 1 fully saturated rings. The van der Waals surface area contributed by atoms with Gasteiger partial charge in [-0.1, -0.05) is 62.1 Å². The summed E-state index contributed by atoms with van der Waals surface area (Å²) in [6.07, 6.45) is 3.50. The van der Waals surface area contributed by atoms with E-state index in [0.717, 1.165) is 29.4 Å². The zero-order valence-electron chi connectivity index (χ0n) is 14.9. The third kappa shape index (κ3) is 6.10. The molecule has 1 aromatic carbocycles. The van der Waals surface area contributed by atoms with Crippen LogP contribution in [0.25, 0.3) is 0 Å². The average Bonchev–Trinajstić information content (AvgIpc) is 3.07. The summed E-state index contributed by atoms with van der Waals surface area (Å²) in [5.74, 6) is 1.09. The van der Waals surface area contributed by atoms with Crippen LogP contribution in [0.5, 0.6) is 0 Å². The normalized spacial score (nSPS) is 15.6. The number of nitrogens with one attached hydrogen (secondary N) is 1. The highest BCUT2D eigenvalue weighted by molar-refractivity contribution is 8.23. The predicted molar refractivity (Wildman–Crippen MR) is 107 cm³/mol. The molecule has 1 amide bonds. The van der Waals surface area contributed by atoms with Gasteiger partial charge in [0.05, 0.1) is 11.8 Å². The van der Waals surface area contributed by atoms with Crippen molar-refractivity contribution >= 4 is 34.2 Å². The van der Waals surface area contributed by atoms with Crippen molar-refractivity contribution in [3.05, 3.63) is 35.4 Å². The van der Waals surface area contributed by atoms with Gasteiger partial charge in [0.2, 0.25) is 5.91 Å². The van der Waals surface area contributed by atoms with Crippen LogP contribution >= 0.6 is 24.0 Å². The molecule has 1 aromatic rings. The van der Waals surface area contributed by atoms with Crippen LogP contribution in [0.2, 0.25) is 0 Å². The lowest BCUT2D eigenvalue weighted by Crippen LogP contribution is -2.30. The molecule has 3 nitrogen and oxygen atoms in total. The van der Waals surface area contributed by atoms with E-state index in [2.05, 4.69) is 48.3 Å². The Morgan fingerprint density at radius 1 is 1.21 bits per heavy atom. The van der Waals surface area contributed by atoms with Crippen molar-refractivity contribution in [2.24, 2.45) is 5.92 Å². The highest BCUT2D eigenvalue weighted by atomic mass is 32.2. The SMILES string of the molecule is CC(C)Cc1ccc([C@@H](C)NC(=O)CSC(=S)N2CCCC2)cc1. The number of carbonyl (C=O) groups is 1. The predicted octanol–water partition coefficient (Wildman–Crippen LogP) is 4.18. The fraction of sp³-hybridized carbons (Fsp3) is 0.579. The first-order valence-electron chi connectivity index (χ1n) is 8.75. The first-order chi connectivity index (χ1) is 11.5. The number of rotatable bonds is 6. The van der Waals surface area contributed by atoms with Crippen LogP contribution in [0, 0.1) is 5.92 Å². The van der Waals surface area contributed by atoms with Gasteiger partial charge in [0, 0.05) is 13.1 Å². The largest absolute Gasteiger partial charge is 0.358 e. The summed E-state index contributed by atoms with van der Waals surface area (Å²) in [6, 6.07) is 8.58. The highest BCUT2D eigenvalue weighted by Crippen LogP contribution is 2.18. The van der Waals surface area contributed by atoms with Crippen LogP contribution in [-0.2, 0) is 11.2 Å². The smallest absolute Gasteiger partial charge is 0.230 e. The molecule has 1 aliphatic rings. The van der Waals surface area contributed by atoms with Crippen molar-refractivity contribution in [2.45, 2.75) is 46.1 Å². The molecular formula is C19H28N2OS2. The number of hydrogen-bond donors (Lipinski definition) is 1. The van der Waals surface area contributed by atoms with Crippen molar-refractivity contribution in [1.82, 2.24) is 10.2 Å². The van der Waals surface area contributed by atoms with Crippen LogP contribution in [-0.4, -0.2) is 34.0 Å². The number of nitrogens with zero attached hydrogens (tertiary/aromatic N) is 1. The van der Waals surface area contributed by atoms with Crippen molar-refractivity contribution in [2.75, 3.05) is 18.8 Å². The van der Waals surface area contributed by atoms with Crippen molar-refractivity contribution in [3.8, 4) is 0 Å². The van der Waals surface area contributed by atoms with E-state index in [9.17, 15) is 4.79 Å². The lowest BCUT2D eigenvalue weighted by atomic mass is 10.00. The Labute approximate surface area is 155 Å². The van der Waals surface area contributed by atoms with Gasteiger partial charge in [0.1, 0.15) is 4.32 Å². The molecule has 0 unspecified atom stereocenters. The van der Waals surface area contributed by atoms with Gasteiger partial charge >= 0.3 is 0 Å². The zero-order valence-corrected chi connectivity index (χ0v) is 16.5. The lowest BCUT2D eigenvalue weighted by Gasteiger charge is -2.18. The van der Waals surface area contributed by atoms with E-state index >= 15 is 0 Å². The molecule has 2 rings (SSSR count). The molecule has 1 atom stereocenters. The van der Waals surface area contributed by atoms with Gasteiger partial charge in [-0.2, -0.15) is 0 Å². The molecule has 0 spiro atoms. The summed E-state index contributed by atoms with van der Waals surface area (Å²) in [5.41, 5.74) is 2.49. The van der Waals surface area contributed by atoms with E-state index < -0.39 is 0 Å². The standard InChI is InChI=1S/C19H28N2OS2/c1-14(2)12-16-6-8-17(9-7-16)15(3)20-18(22)13-24-19(23)21-10-4-5-11-21/h6-9,14-15H,4-5,10-13H2,1-3H3,(H,20,22)/t15-/m1/s1. The second-order valence-electron chi connectivity index (χ2n) is 6.88. The third-order valence-electron chi connectivity index (χ3n) is 4.19. The zero-order chi connectivity index (χ0) is 17.5. The minimum Gasteiger partial charge on any atom is -0.358 e. The molecule has 1 saturated heterocycles. The molecule has 132 valence electrons. The molecule has 0 bridgehead atoms. The van der Waals surface area contributed by atoms with E-state index in [1.807, 2.05) is 6.92 Å². The lowest BCUT2D eigenvalue weighted by molar-refractivity contribution is -0.119. The summed E-state index contributed by atoms with van der Waals surface area (Å²) in [6.45, 7) is 8.54. The molecule has 1 heterocycles. The van der Waals surface area contributed by atoms with Gasteiger partial charge in [0.25, 0.3) is 0 Å². The maximum Gasteiger partial charge on any atom is 0.230 e. The summed E-state index contributed by atoms with van der Waals surface area (Å²) in [7, 11) is 0. The number of hydrogen-bond acceptors (Lipinski definition) is 3. The van der Waals surface area contributed by atoms with E-state index in [4.69, 9.17) is 12.2 Å². The number of carbonyl (C=O) groups excluding carboxylic acids is 1. The highest BCUT2D eigenvalue weighted by Gasteiger charge is 2.17. The fourth-order valence-corrected chi connectivity index (χ4v) is 3.96. The third-order valence-corrected chi connectivity index (χ3v) is 5.72. The van der Waals surface area contributed by atoms with Crippen LogP contribution in [0.4, 0.5) is 0 Å². The Kier molecular flexibility index (Phi) is 7.56. The number of likely N-dealkylation sites (tertiary alicyclic amines) is 1. The molecule has 1 N–H and O–H groups in total. The van der Waals surface area contributed by atoms with Gasteiger partial charge < -0.3 is 10.2 Å². The van der Waals surface area contributed by atoms with Gasteiger partial charge in [0.15, 0.2) is 0 Å². The minimum atomic E-state index is 0.0200. The molecule has 0 saturated carbocycles. The number of amides is 1. The van der Waals surface area contributed by atoms with Crippen LogP contribution in [0.1, 0.15) is 50.8 Å². The average molecular weight is 365 g/mol. The second-order valence-corrected chi connectivity index (χ2v) is 8.49. The quantitative estimate of drug-likeness (QED) is 0.768. The van der Waals surface area contributed by atoms with E-state index in [0.29, 0.717) is 11.7 Å². The molecule has 0 aliphatic carbocycles. The van der Waals surface area contributed by atoms with E-state index in [1.54, 1.807) is 0 Å². The Bertz CT molecular complexity index is 551. The molecule has 0 radical (unpaired) electrons. The maximum atomic E-state index is 12.1. The molecule has 5 heteroatoms. The van der Waals surface area contributed by atoms with Crippen LogP contribution in [0.15, 0.2) is 24.3 Å². The molecular weight excluding hydrogens is 336 g/mol. The molecule has 0 aromatic heterocycles. The fourth-order valence-electron chi connectivity index (χ4n) is 2.90. The Balaban J connectivity index is 1.77. The number of thiocarbonyl (C=S) groups is 1. The Hall–Kier alpha value is -1.07. The number of thioether (sulfide) groups is 1. The van der Waals surface area contributed by atoms with E-state index in [-0.39, 0.29) is 11.9 Å². The Morgan fingerprint density at radius 2 is 1.83 bits per heavy atom. The van der Waals surface area contributed by atoms with Gasteiger partial charge in [-0.15, -0.1) is 0 Å². The maximum absolute atomic E-state index is 12.1. The van der Waals surface area contributed by atoms with Crippen molar-refractivity contribution < 1.29 is 4.79 Å².